The van der Waals surface area contributed by atoms with E-state index in [-0.39, 0.29) is 0 Å². The molecular formula is C14H20N4. The van der Waals surface area contributed by atoms with Crippen molar-refractivity contribution in [3.05, 3.63) is 35.7 Å². The van der Waals surface area contributed by atoms with Gasteiger partial charge in [-0.2, -0.15) is 0 Å². The third-order valence-electron chi connectivity index (χ3n) is 3.03. The fourth-order valence-electron chi connectivity index (χ4n) is 2.07. The average Bonchev–Trinajstić information content (AvgIpc) is 2.73. The largest absolute Gasteiger partial charge is 0.330 e. The van der Waals surface area contributed by atoms with Crippen LogP contribution in [0.5, 0.6) is 0 Å². The number of nitrogens with two attached hydrogens (primary N) is 1. The molecule has 0 saturated carbocycles. The number of hydrogen-bond donors (Lipinski definition) is 1. The van der Waals surface area contributed by atoms with Crippen LogP contribution in [0, 0.1) is 6.92 Å². The van der Waals surface area contributed by atoms with Crippen LogP contribution < -0.4 is 5.73 Å². The molecule has 18 heavy (non-hydrogen) atoms. The van der Waals surface area contributed by atoms with E-state index in [0.717, 1.165) is 36.6 Å². The van der Waals surface area contributed by atoms with Gasteiger partial charge in [0.25, 0.3) is 0 Å². The molecule has 0 aliphatic heterocycles. The van der Waals surface area contributed by atoms with E-state index in [9.17, 15) is 0 Å². The topological polar surface area (TPSA) is 56.7 Å². The van der Waals surface area contributed by atoms with Crippen molar-refractivity contribution in [2.45, 2.75) is 33.2 Å². The fourth-order valence-corrected chi connectivity index (χ4v) is 2.07. The van der Waals surface area contributed by atoms with Gasteiger partial charge in [-0.15, -0.1) is 10.2 Å². The average molecular weight is 244 g/mol. The first-order valence-electron chi connectivity index (χ1n) is 6.45. The molecule has 2 rings (SSSR count). The second kappa shape index (κ2) is 5.78. The Labute approximate surface area is 108 Å². The van der Waals surface area contributed by atoms with Crippen LogP contribution in [-0.4, -0.2) is 21.3 Å². The molecule has 0 radical (unpaired) electrons. The van der Waals surface area contributed by atoms with Gasteiger partial charge >= 0.3 is 0 Å². The summed E-state index contributed by atoms with van der Waals surface area (Å²) >= 11 is 0. The lowest BCUT2D eigenvalue weighted by molar-refractivity contribution is 0.663. The third kappa shape index (κ3) is 2.59. The quantitative estimate of drug-likeness (QED) is 0.877. The second-order valence-electron chi connectivity index (χ2n) is 4.46. The van der Waals surface area contributed by atoms with Gasteiger partial charge < -0.3 is 10.3 Å². The van der Waals surface area contributed by atoms with Gasteiger partial charge in [-0.1, -0.05) is 31.2 Å². The van der Waals surface area contributed by atoms with E-state index in [4.69, 9.17) is 5.73 Å². The van der Waals surface area contributed by atoms with E-state index < -0.39 is 0 Å². The van der Waals surface area contributed by atoms with Crippen molar-refractivity contribution in [1.29, 1.82) is 0 Å². The summed E-state index contributed by atoms with van der Waals surface area (Å²) < 4.78 is 2.16. The third-order valence-corrected chi connectivity index (χ3v) is 3.03. The van der Waals surface area contributed by atoms with E-state index in [1.807, 2.05) is 6.92 Å². The Hall–Kier alpha value is -1.68. The first-order chi connectivity index (χ1) is 8.76. The number of hydrogen-bond acceptors (Lipinski definition) is 3. The number of aryl methyl sites for hydroxylation is 1. The molecule has 2 N–H and O–H groups in total. The van der Waals surface area contributed by atoms with Gasteiger partial charge in [0.05, 0.1) is 0 Å². The number of benzene rings is 1. The Balaban J connectivity index is 2.30. The molecule has 0 atom stereocenters. The summed E-state index contributed by atoms with van der Waals surface area (Å²) in [6, 6.07) is 8.42. The molecule has 0 amide bonds. The van der Waals surface area contributed by atoms with Gasteiger partial charge in [-0.25, -0.2) is 0 Å². The van der Waals surface area contributed by atoms with Gasteiger partial charge in [0, 0.05) is 12.1 Å². The predicted octanol–water partition coefficient (Wildman–Crippen LogP) is 2.16. The van der Waals surface area contributed by atoms with Crippen LogP contribution in [0.1, 0.15) is 24.7 Å². The molecule has 1 heterocycles. The summed E-state index contributed by atoms with van der Waals surface area (Å²) in [5.74, 6) is 1.92. The van der Waals surface area contributed by atoms with Crippen molar-refractivity contribution >= 4 is 0 Å². The first kappa shape index (κ1) is 12.8. The highest BCUT2D eigenvalue weighted by atomic mass is 15.3. The molecule has 0 spiro atoms. The van der Waals surface area contributed by atoms with Gasteiger partial charge in [-0.05, 0) is 31.9 Å². The summed E-state index contributed by atoms with van der Waals surface area (Å²) in [5, 5.41) is 8.43. The van der Waals surface area contributed by atoms with Crippen LogP contribution in [0.3, 0.4) is 0 Å². The smallest absolute Gasteiger partial charge is 0.163 e. The maximum atomic E-state index is 5.55. The van der Waals surface area contributed by atoms with Crippen molar-refractivity contribution in [3.63, 3.8) is 0 Å². The zero-order chi connectivity index (χ0) is 13.0. The maximum absolute atomic E-state index is 5.55. The summed E-state index contributed by atoms with van der Waals surface area (Å²) in [7, 11) is 0. The van der Waals surface area contributed by atoms with E-state index in [0.29, 0.717) is 6.54 Å². The summed E-state index contributed by atoms with van der Waals surface area (Å²) in [6.07, 6.45) is 2.00. The molecule has 1 aromatic heterocycles. The Kier molecular flexibility index (Phi) is 4.10. The Morgan fingerprint density at radius 3 is 2.50 bits per heavy atom. The molecular weight excluding hydrogens is 224 g/mol. The number of nitrogens with zero attached hydrogens (tertiary/aromatic N) is 3. The highest BCUT2D eigenvalue weighted by molar-refractivity contribution is 5.55. The van der Waals surface area contributed by atoms with Crippen LogP contribution in [0.2, 0.25) is 0 Å². The van der Waals surface area contributed by atoms with Crippen LogP contribution in [-0.2, 0) is 13.0 Å². The molecule has 0 saturated heterocycles. The van der Waals surface area contributed by atoms with Crippen molar-refractivity contribution < 1.29 is 0 Å². The van der Waals surface area contributed by atoms with Gasteiger partial charge in [0.15, 0.2) is 5.82 Å². The molecule has 2 aromatic rings. The minimum absolute atomic E-state index is 0.685. The Morgan fingerprint density at radius 1 is 1.17 bits per heavy atom. The molecule has 1 aromatic carbocycles. The predicted molar refractivity (Wildman–Crippen MR) is 73.2 cm³/mol. The maximum Gasteiger partial charge on any atom is 0.163 e. The van der Waals surface area contributed by atoms with Crippen molar-refractivity contribution in [2.75, 3.05) is 6.54 Å². The van der Waals surface area contributed by atoms with Crippen molar-refractivity contribution in [3.8, 4) is 11.4 Å². The Morgan fingerprint density at radius 2 is 1.89 bits per heavy atom. The highest BCUT2D eigenvalue weighted by Crippen LogP contribution is 2.19. The Bertz CT molecular complexity index is 499. The van der Waals surface area contributed by atoms with E-state index >= 15 is 0 Å². The minimum Gasteiger partial charge on any atom is -0.330 e. The van der Waals surface area contributed by atoms with Gasteiger partial charge in [0.2, 0.25) is 0 Å². The highest BCUT2D eigenvalue weighted by Gasteiger charge is 2.09. The van der Waals surface area contributed by atoms with E-state index in [1.54, 1.807) is 0 Å². The summed E-state index contributed by atoms with van der Waals surface area (Å²) in [6.45, 7) is 5.80. The lowest BCUT2D eigenvalue weighted by atomic mass is 10.1. The SMILES string of the molecule is CCCn1c(C)nnc1-c1ccc(CCN)cc1. The van der Waals surface area contributed by atoms with Crippen LogP contribution in [0.4, 0.5) is 0 Å². The zero-order valence-corrected chi connectivity index (χ0v) is 11.1. The lowest BCUT2D eigenvalue weighted by Gasteiger charge is -2.07. The normalized spacial score (nSPS) is 10.8. The van der Waals surface area contributed by atoms with Crippen LogP contribution >= 0.6 is 0 Å². The second-order valence-corrected chi connectivity index (χ2v) is 4.46. The van der Waals surface area contributed by atoms with Crippen molar-refractivity contribution in [1.82, 2.24) is 14.8 Å². The van der Waals surface area contributed by atoms with Gasteiger partial charge in [-0.3, -0.25) is 0 Å². The number of rotatable bonds is 5. The molecule has 4 nitrogen and oxygen atoms in total. The summed E-state index contributed by atoms with van der Waals surface area (Å²) in [5.41, 5.74) is 7.93. The lowest BCUT2D eigenvalue weighted by Crippen LogP contribution is -2.03. The zero-order valence-electron chi connectivity index (χ0n) is 11.1. The molecule has 4 heteroatoms. The monoisotopic (exact) mass is 244 g/mol. The van der Waals surface area contributed by atoms with Crippen LogP contribution in [0.15, 0.2) is 24.3 Å². The summed E-state index contributed by atoms with van der Waals surface area (Å²) in [4.78, 5) is 0. The molecule has 0 aliphatic rings. The first-order valence-corrected chi connectivity index (χ1v) is 6.45. The molecule has 0 unspecified atom stereocenters. The molecule has 0 fully saturated rings. The van der Waals surface area contributed by atoms with Crippen molar-refractivity contribution in [2.24, 2.45) is 5.73 Å². The fraction of sp³-hybridized carbons (Fsp3) is 0.429. The minimum atomic E-state index is 0.685. The molecule has 96 valence electrons. The standard InChI is InChI=1S/C14H20N4/c1-3-10-18-11(2)16-17-14(18)13-6-4-12(5-7-13)8-9-15/h4-7H,3,8-10,15H2,1-2H3. The molecule has 0 aliphatic carbocycles. The molecule has 0 bridgehead atoms. The van der Waals surface area contributed by atoms with E-state index in [2.05, 4.69) is 46.0 Å². The number of aromatic nitrogens is 3. The van der Waals surface area contributed by atoms with E-state index in [1.165, 1.54) is 5.56 Å². The van der Waals surface area contributed by atoms with Crippen LogP contribution in [0.25, 0.3) is 11.4 Å². The van der Waals surface area contributed by atoms with Gasteiger partial charge in [0.1, 0.15) is 5.82 Å².